The number of aromatic nitrogens is 1. The molecule has 4 heteroatoms. The Hall–Kier alpha value is -0.450. The van der Waals surface area contributed by atoms with Crippen molar-refractivity contribution in [1.82, 2.24) is 15.2 Å². The Labute approximate surface area is 102 Å². The van der Waals surface area contributed by atoms with Gasteiger partial charge in [-0.05, 0) is 20.3 Å². The third kappa shape index (κ3) is 2.44. The third-order valence-corrected chi connectivity index (χ3v) is 4.43. The normalized spacial score (nSPS) is 27.2. The second-order valence-corrected chi connectivity index (χ2v) is 5.87. The fourth-order valence-electron chi connectivity index (χ4n) is 2.25. The molecule has 16 heavy (non-hydrogen) atoms. The minimum atomic E-state index is 0.287. The van der Waals surface area contributed by atoms with E-state index in [0.717, 1.165) is 26.2 Å². The summed E-state index contributed by atoms with van der Waals surface area (Å²) in [4.78, 5) is 7.13. The molecule has 1 aromatic heterocycles. The fourth-order valence-corrected chi connectivity index (χ4v) is 2.85. The Morgan fingerprint density at radius 2 is 2.44 bits per heavy atom. The van der Waals surface area contributed by atoms with Gasteiger partial charge in [0.05, 0.1) is 10.7 Å². The first kappa shape index (κ1) is 12.0. The third-order valence-electron chi connectivity index (χ3n) is 3.61. The molecule has 1 N–H and O–H groups in total. The van der Waals surface area contributed by atoms with Crippen LogP contribution in [0.15, 0.2) is 5.38 Å². The summed E-state index contributed by atoms with van der Waals surface area (Å²) in [6.07, 6.45) is 1.18. The van der Waals surface area contributed by atoms with E-state index in [9.17, 15) is 0 Å². The summed E-state index contributed by atoms with van der Waals surface area (Å²) in [5.41, 5.74) is 1.51. The number of nitrogens with zero attached hydrogens (tertiary/aromatic N) is 2. The van der Waals surface area contributed by atoms with Crippen LogP contribution in [0.3, 0.4) is 0 Å². The first-order chi connectivity index (χ1) is 7.64. The predicted molar refractivity (Wildman–Crippen MR) is 68.8 cm³/mol. The molecule has 0 saturated carbocycles. The van der Waals surface area contributed by atoms with E-state index in [1.165, 1.54) is 17.1 Å². The number of hydrogen-bond donors (Lipinski definition) is 1. The van der Waals surface area contributed by atoms with Crippen LogP contribution in [0, 0.1) is 6.92 Å². The highest BCUT2D eigenvalue weighted by atomic mass is 32.1. The zero-order valence-electron chi connectivity index (χ0n) is 10.4. The second kappa shape index (κ2) is 4.82. The van der Waals surface area contributed by atoms with Gasteiger partial charge in [0.25, 0.3) is 0 Å². The molecule has 0 aromatic carbocycles. The molecule has 1 saturated heterocycles. The monoisotopic (exact) mass is 239 g/mol. The summed E-state index contributed by atoms with van der Waals surface area (Å²) in [5.74, 6) is 0. The molecule has 1 aliphatic heterocycles. The van der Waals surface area contributed by atoms with Crippen LogP contribution in [-0.2, 0) is 6.54 Å². The van der Waals surface area contributed by atoms with E-state index in [-0.39, 0.29) is 5.54 Å². The molecule has 1 atom stereocenters. The number of nitrogens with one attached hydrogen (secondary N) is 1. The lowest BCUT2D eigenvalue weighted by Gasteiger charge is -2.44. The summed E-state index contributed by atoms with van der Waals surface area (Å²) >= 11 is 1.75. The minimum Gasteiger partial charge on any atom is -0.314 e. The van der Waals surface area contributed by atoms with E-state index >= 15 is 0 Å². The van der Waals surface area contributed by atoms with Gasteiger partial charge in [-0.2, -0.15) is 0 Å². The average Bonchev–Trinajstić information content (AvgIpc) is 2.68. The number of aryl methyl sites for hydroxylation is 1. The van der Waals surface area contributed by atoms with Gasteiger partial charge in [0.2, 0.25) is 0 Å². The zero-order chi connectivity index (χ0) is 11.6. The number of thiazole rings is 1. The molecule has 1 aromatic rings. The van der Waals surface area contributed by atoms with Crippen LogP contribution >= 0.6 is 11.3 Å². The van der Waals surface area contributed by atoms with Crippen molar-refractivity contribution < 1.29 is 0 Å². The number of hydrogen-bond acceptors (Lipinski definition) is 4. The van der Waals surface area contributed by atoms with Crippen LogP contribution in [0.1, 0.15) is 31.0 Å². The molecule has 0 spiro atoms. The van der Waals surface area contributed by atoms with Crippen LogP contribution in [0.5, 0.6) is 0 Å². The molecule has 0 aliphatic carbocycles. The molecule has 0 amide bonds. The van der Waals surface area contributed by atoms with Gasteiger partial charge in [0.15, 0.2) is 0 Å². The first-order valence-corrected chi connectivity index (χ1v) is 6.89. The molecular weight excluding hydrogens is 218 g/mol. The summed E-state index contributed by atoms with van der Waals surface area (Å²) in [6, 6.07) is 0. The Balaban J connectivity index is 2.07. The highest BCUT2D eigenvalue weighted by Gasteiger charge is 2.32. The standard InChI is InChI=1S/C12H21N3S/c1-4-12(3)9-13-5-6-15(12)7-11-8-16-10(2)14-11/h8,13H,4-7,9H2,1-3H3. The molecule has 2 heterocycles. The highest BCUT2D eigenvalue weighted by Crippen LogP contribution is 2.23. The van der Waals surface area contributed by atoms with Crippen LogP contribution in [0.4, 0.5) is 0 Å². The topological polar surface area (TPSA) is 28.2 Å². The van der Waals surface area contributed by atoms with Gasteiger partial charge >= 0.3 is 0 Å². The smallest absolute Gasteiger partial charge is 0.0897 e. The lowest BCUT2D eigenvalue weighted by atomic mass is 9.94. The van der Waals surface area contributed by atoms with E-state index < -0.39 is 0 Å². The van der Waals surface area contributed by atoms with Gasteiger partial charge in [-0.3, -0.25) is 4.90 Å². The molecule has 2 rings (SSSR count). The summed E-state index contributed by atoms with van der Waals surface area (Å²) in [6.45, 7) is 11.0. The highest BCUT2D eigenvalue weighted by molar-refractivity contribution is 7.09. The average molecular weight is 239 g/mol. The van der Waals surface area contributed by atoms with Crippen molar-refractivity contribution in [2.24, 2.45) is 0 Å². The quantitative estimate of drug-likeness (QED) is 0.875. The predicted octanol–water partition coefficient (Wildman–Crippen LogP) is 2.03. The van der Waals surface area contributed by atoms with Gasteiger partial charge in [-0.1, -0.05) is 6.92 Å². The Morgan fingerprint density at radius 1 is 1.62 bits per heavy atom. The number of rotatable bonds is 3. The maximum Gasteiger partial charge on any atom is 0.0897 e. The molecule has 0 bridgehead atoms. The Morgan fingerprint density at radius 3 is 3.06 bits per heavy atom. The summed E-state index contributed by atoms with van der Waals surface area (Å²) in [7, 11) is 0. The van der Waals surface area contributed by atoms with Crippen molar-refractivity contribution in [2.45, 2.75) is 39.3 Å². The molecule has 1 aliphatic rings. The molecule has 1 fully saturated rings. The molecule has 1 unspecified atom stereocenters. The van der Waals surface area contributed by atoms with Crippen molar-refractivity contribution in [1.29, 1.82) is 0 Å². The maximum atomic E-state index is 4.56. The Bertz CT molecular complexity index is 350. The lowest BCUT2D eigenvalue weighted by molar-refractivity contribution is 0.0627. The van der Waals surface area contributed by atoms with E-state index in [4.69, 9.17) is 0 Å². The minimum absolute atomic E-state index is 0.287. The summed E-state index contributed by atoms with van der Waals surface area (Å²) in [5, 5.41) is 6.85. The number of piperazine rings is 1. The first-order valence-electron chi connectivity index (χ1n) is 6.01. The van der Waals surface area contributed by atoms with E-state index in [2.05, 4.69) is 41.4 Å². The van der Waals surface area contributed by atoms with Gasteiger partial charge in [0, 0.05) is 37.1 Å². The van der Waals surface area contributed by atoms with E-state index in [1.807, 2.05) is 0 Å². The van der Waals surface area contributed by atoms with Gasteiger partial charge < -0.3 is 5.32 Å². The van der Waals surface area contributed by atoms with Crippen LogP contribution < -0.4 is 5.32 Å². The SMILES string of the molecule is CCC1(C)CNCCN1Cc1csc(C)n1. The van der Waals surface area contributed by atoms with E-state index in [0.29, 0.717) is 0 Å². The van der Waals surface area contributed by atoms with Crippen LogP contribution in [0.25, 0.3) is 0 Å². The van der Waals surface area contributed by atoms with Crippen molar-refractivity contribution in [3.8, 4) is 0 Å². The fraction of sp³-hybridized carbons (Fsp3) is 0.750. The van der Waals surface area contributed by atoms with Crippen LogP contribution in [-0.4, -0.2) is 35.1 Å². The van der Waals surface area contributed by atoms with Crippen molar-refractivity contribution in [3.05, 3.63) is 16.1 Å². The van der Waals surface area contributed by atoms with Crippen molar-refractivity contribution >= 4 is 11.3 Å². The van der Waals surface area contributed by atoms with Crippen molar-refractivity contribution in [3.63, 3.8) is 0 Å². The maximum absolute atomic E-state index is 4.56. The van der Waals surface area contributed by atoms with Crippen LogP contribution in [0.2, 0.25) is 0 Å². The van der Waals surface area contributed by atoms with Gasteiger partial charge in [0.1, 0.15) is 0 Å². The molecule has 90 valence electrons. The summed E-state index contributed by atoms with van der Waals surface area (Å²) < 4.78 is 0. The van der Waals surface area contributed by atoms with Gasteiger partial charge in [-0.25, -0.2) is 4.98 Å². The zero-order valence-corrected chi connectivity index (χ0v) is 11.2. The molecular formula is C12H21N3S. The van der Waals surface area contributed by atoms with E-state index in [1.54, 1.807) is 11.3 Å². The van der Waals surface area contributed by atoms with Gasteiger partial charge in [-0.15, -0.1) is 11.3 Å². The molecule has 3 nitrogen and oxygen atoms in total. The Kier molecular flexibility index (Phi) is 3.62. The van der Waals surface area contributed by atoms with Crippen molar-refractivity contribution in [2.75, 3.05) is 19.6 Å². The largest absolute Gasteiger partial charge is 0.314 e. The molecule has 0 radical (unpaired) electrons. The lowest BCUT2D eigenvalue weighted by Crippen LogP contribution is -2.58. The second-order valence-electron chi connectivity index (χ2n) is 4.81.